The second-order valence-electron chi connectivity index (χ2n) is 3.70. The van der Waals surface area contributed by atoms with Gasteiger partial charge in [-0.2, -0.15) is 0 Å². The summed E-state index contributed by atoms with van der Waals surface area (Å²) in [4.78, 5) is 0. The maximum Gasteiger partial charge on any atom is 0.271 e. The molecule has 1 aromatic heterocycles. The van der Waals surface area contributed by atoms with Gasteiger partial charge in [0.1, 0.15) is 4.21 Å². The minimum atomic E-state index is -3.85. The number of hydrogen-bond acceptors (Lipinski definition) is 3. The van der Waals surface area contributed by atoms with Gasteiger partial charge in [0.05, 0.1) is 4.34 Å². The van der Waals surface area contributed by atoms with Gasteiger partial charge < -0.3 is 0 Å². The van der Waals surface area contributed by atoms with E-state index in [9.17, 15) is 17.2 Å². The Labute approximate surface area is 128 Å². The molecule has 0 fully saturated rings. The van der Waals surface area contributed by atoms with E-state index in [1.807, 2.05) is 0 Å². The topological polar surface area (TPSA) is 46.2 Å². The summed E-state index contributed by atoms with van der Waals surface area (Å²) < 4.78 is 51.9. The molecule has 1 aromatic carbocycles. The lowest BCUT2D eigenvalue weighted by molar-refractivity contribution is 0.151. The van der Waals surface area contributed by atoms with Gasteiger partial charge in [0.25, 0.3) is 16.4 Å². The van der Waals surface area contributed by atoms with Gasteiger partial charge in [-0.3, -0.25) is 4.72 Å². The minimum absolute atomic E-state index is 0.00366. The molecule has 0 aliphatic heterocycles. The first-order valence-electron chi connectivity index (χ1n) is 5.15. The van der Waals surface area contributed by atoms with Gasteiger partial charge in [-0.1, -0.05) is 23.2 Å². The Kier molecular flexibility index (Phi) is 4.53. The van der Waals surface area contributed by atoms with E-state index in [0.29, 0.717) is 4.34 Å². The molecule has 0 aliphatic rings. The Morgan fingerprint density at radius 3 is 2.40 bits per heavy atom. The van der Waals surface area contributed by atoms with Crippen molar-refractivity contribution in [2.75, 3.05) is 4.72 Å². The highest BCUT2D eigenvalue weighted by Crippen LogP contribution is 2.31. The van der Waals surface area contributed by atoms with Crippen LogP contribution in [0.1, 0.15) is 12.0 Å². The summed E-state index contributed by atoms with van der Waals surface area (Å²) in [6.45, 7) is 0. The van der Waals surface area contributed by atoms with Crippen LogP contribution in [-0.4, -0.2) is 8.42 Å². The van der Waals surface area contributed by atoms with Crippen molar-refractivity contribution in [3.8, 4) is 0 Å². The van der Waals surface area contributed by atoms with Crippen LogP contribution in [0.2, 0.25) is 9.36 Å². The number of benzene rings is 1. The van der Waals surface area contributed by atoms with Crippen molar-refractivity contribution in [1.82, 2.24) is 0 Å². The molecule has 9 heteroatoms. The fourth-order valence-corrected chi connectivity index (χ4v) is 4.15. The molecule has 0 bridgehead atoms. The Bertz CT molecular complexity index is 732. The average molecular weight is 358 g/mol. The van der Waals surface area contributed by atoms with Crippen molar-refractivity contribution in [3.05, 3.63) is 45.3 Å². The molecule has 0 unspecified atom stereocenters. The van der Waals surface area contributed by atoms with Crippen LogP contribution in [0, 0.1) is 0 Å². The third kappa shape index (κ3) is 3.41. The first-order valence-corrected chi connectivity index (χ1v) is 8.21. The molecular formula is C11H7Cl2F2NO2S2. The highest BCUT2D eigenvalue weighted by molar-refractivity contribution is 7.94. The molecule has 0 saturated heterocycles. The number of nitrogens with one attached hydrogen (secondary N) is 1. The standard InChI is InChI=1S/C11H7Cl2F2NO2S2/c12-8-2-1-6(5-7(8)11(14)15)16-20(17,18)10-4-3-9(13)19-10/h1-5,11,16H. The quantitative estimate of drug-likeness (QED) is 0.854. The van der Waals surface area contributed by atoms with Gasteiger partial charge in [-0.05, 0) is 30.3 Å². The second-order valence-corrected chi connectivity index (χ2v) is 7.73. The van der Waals surface area contributed by atoms with Gasteiger partial charge >= 0.3 is 0 Å². The molecule has 2 rings (SSSR count). The van der Waals surface area contributed by atoms with Crippen LogP contribution in [0.15, 0.2) is 34.5 Å². The van der Waals surface area contributed by atoms with Crippen molar-refractivity contribution in [2.45, 2.75) is 10.6 Å². The number of rotatable bonds is 4. The summed E-state index contributed by atoms with van der Waals surface area (Å²) in [5.41, 5.74) is -0.426. The van der Waals surface area contributed by atoms with E-state index in [4.69, 9.17) is 23.2 Å². The predicted octanol–water partition coefficient (Wildman–Crippen LogP) is 4.79. The monoisotopic (exact) mass is 357 g/mol. The zero-order valence-corrected chi connectivity index (χ0v) is 12.8. The average Bonchev–Trinajstić information content (AvgIpc) is 2.78. The molecule has 0 atom stereocenters. The molecular weight excluding hydrogens is 351 g/mol. The van der Waals surface area contributed by atoms with Crippen LogP contribution in [0.5, 0.6) is 0 Å². The number of hydrogen-bond donors (Lipinski definition) is 1. The van der Waals surface area contributed by atoms with Crippen molar-refractivity contribution in [3.63, 3.8) is 0 Å². The Morgan fingerprint density at radius 2 is 1.85 bits per heavy atom. The Hall–Kier alpha value is -0.890. The molecule has 0 saturated carbocycles. The first kappa shape index (κ1) is 15.5. The highest BCUT2D eigenvalue weighted by atomic mass is 35.5. The van der Waals surface area contributed by atoms with Gasteiger partial charge in [0.15, 0.2) is 0 Å². The summed E-state index contributed by atoms with van der Waals surface area (Å²) in [6.07, 6.45) is -2.79. The predicted molar refractivity (Wildman–Crippen MR) is 76.5 cm³/mol. The van der Waals surface area contributed by atoms with Gasteiger partial charge in [0.2, 0.25) is 0 Å². The largest absolute Gasteiger partial charge is 0.279 e. The Balaban J connectivity index is 2.32. The van der Waals surface area contributed by atoms with Crippen molar-refractivity contribution < 1.29 is 17.2 Å². The lowest BCUT2D eigenvalue weighted by Gasteiger charge is -2.09. The molecule has 0 radical (unpaired) electrons. The van der Waals surface area contributed by atoms with E-state index < -0.39 is 22.0 Å². The molecule has 0 aliphatic carbocycles. The molecule has 3 nitrogen and oxygen atoms in total. The lowest BCUT2D eigenvalue weighted by Crippen LogP contribution is -2.11. The maximum atomic E-state index is 12.7. The first-order chi connectivity index (χ1) is 9.29. The van der Waals surface area contributed by atoms with E-state index in [2.05, 4.69) is 4.72 Å². The Morgan fingerprint density at radius 1 is 1.15 bits per heavy atom. The van der Waals surface area contributed by atoms with Gasteiger partial charge in [-0.15, -0.1) is 11.3 Å². The number of anilines is 1. The molecule has 1 N–H and O–H groups in total. The molecule has 0 amide bonds. The fourth-order valence-electron chi connectivity index (χ4n) is 1.42. The van der Waals surface area contributed by atoms with E-state index in [0.717, 1.165) is 17.4 Å². The van der Waals surface area contributed by atoms with Crippen LogP contribution in [-0.2, 0) is 10.0 Å². The van der Waals surface area contributed by atoms with Crippen LogP contribution in [0.4, 0.5) is 14.5 Å². The lowest BCUT2D eigenvalue weighted by atomic mass is 10.2. The molecule has 2 aromatic rings. The highest BCUT2D eigenvalue weighted by Gasteiger charge is 2.19. The van der Waals surface area contributed by atoms with Crippen LogP contribution in [0.25, 0.3) is 0 Å². The molecule has 0 spiro atoms. The molecule has 1 heterocycles. The summed E-state index contributed by atoms with van der Waals surface area (Å²) in [5, 5.41) is -0.123. The maximum absolute atomic E-state index is 12.7. The summed E-state index contributed by atoms with van der Waals surface area (Å²) in [5.74, 6) is 0. The minimum Gasteiger partial charge on any atom is -0.279 e. The SMILES string of the molecule is O=S(=O)(Nc1ccc(Cl)c(C(F)F)c1)c1ccc(Cl)s1. The number of thiophene rings is 1. The summed E-state index contributed by atoms with van der Waals surface area (Å²) >= 11 is 12.1. The van der Waals surface area contributed by atoms with Crippen LogP contribution < -0.4 is 4.72 Å². The smallest absolute Gasteiger partial charge is 0.271 e. The zero-order valence-electron chi connectivity index (χ0n) is 9.61. The van der Waals surface area contributed by atoms with Crippen LogP contribution in [0.3, 0.4) is 0 Å². The summed E-state index contributed by atoms with van der Waals surface area (Å²) in [7, 11) is -3.85. The van der Waals surface area contributed by atoms with Crippen molar-refractivity contribution >= 4 is 50.2 Å². The number of sulfonamides is 1. The van der Waals surface area contributed by atoms with Crippen molar-refractivity contribution in [1.29, 1.82) is 0 Å². The molecule has 20 heavy (non-hydrogen) atoms. The summed E-state index contributed by atoms with van der Waals surface area (Å²) in [6, 6.07) is 6.29. The van der Waals surface area contributed by atoms with E-state index >= 15 is 0 Å². The number of alkyl halides is 2. The van der Waals surface area contributed by atoms with E-state index in [1.54, 1.807) is 0 Å². The third-order valence-electron chi connectivity index (χ3n) is 2.30. The normalized spacial score (nSPS) is 11.8. The van der Waals surface area contributed by atoms with Crippen molar-refractivity contribution in [2.24, 2.45) is 0 Å². The molecule has 108 valence electrons. The second kappa shape index (κ2) is 5.85. The van der Waals surface area contributed by atoms with E-state index in [1.165, 1.54) is 24.3 Å². The van der Waals surface area contributed by atoms with Gasteiger partial charge in [0, 0.05) is 16.3 Å². The third-order valence-corrected chi connectivity index (χ3v) is 5.75. The van der Waals surface area contributed by atoms with Gasteiger partial charge in [-0.25, -0.2) is 17.2 Å². The number of halogens is 4. The fraction of sp³-hybridized carbons (Fsp3) is 0.0909. The van der Waals surface area contributed by atoms with Crippen LogP contribution >= 0.6 is 34.5 Å². The zero-order chi connectivity index (χ0) is 14.9. The van der Waals surface area contributed by atoms with E-state index in [-0.39, 0.29) is 14.9 Å².